The summed E-state index contributed by atoms with van der Waals surface area (Å²) in [4.78, 5) is 10.9. The van der Waals surface area contributed by atoms with E-state index >= 15 is 0 Å². The molecule has 0 saturated heterocycles. The zero-order valence-corrected chi connectivity index (χ0v) is 9.20. The minimum atomic E-state index is -0.0105. The fourth-order valence-electron chi connectivity index (χ4n) is 0.895. The number of hydrogen-bond acceptors (Lipinski definition) is 6. The Morgan fingerprint density at radius 2 is 2.47 bits per heavy atom. The molecule has 0 radical (unpaired) electrons. The van der Waals surface area contributed by atoms with Crippen LogP contribution in [0.4, 0.5) is 0 Å². The fourth-order valence-corrected chi connectivity index (χ4v) is 1.74. The molecule has 2 N–H and O–H groups in total. The van der Waals surface area contributed by atoms with Gasteiger partial charge in [-0.25, -0.2) is 4.68 Å². The van der Waals surface area contributed by atoms with Crippen molar-refractivity contribution in [2.45, 2.75) is 18.1 Å². The summed E-state index contributed by atoms with van der Waals surface area (Å²) in [6.45, 7) is 0.364. The molecule has 0 unspecified atom stereocenters. The molecule has 1 heterocycles. The molecule has 0 atom stereocenters. The largest absolute Gasteiger partial charge is 0.394 e. The van der Waals surface area contributed by atoms with Crippen LogP contribution >= 0.6 is 11.8 Å². The van der Waals surface area contributed by atoms with Crippen LogP contribution in [0.5, 0.6) is 0 Å². The van der Waals surface area contributed by atoms with Gasteiger partial charge in [-0.05, 0) is 10.4 Å². The van der Waals surface area contributed by atoms with E-state index < -0.39 is 0 Å². The third-order valence-electron chi connectivity index (χ3n) is 1.65. The Morgan fingerprint density at radius 3 is 3.13 bits per heavy atom. The lowest BCUT2D eigenvalue weighted by molar-refractivity contribution is -0.120. The first-order chi connectivity index (χ1) is 7.27. The Bertz CT molecular complexity index is 316. The highest BCUT2D eigenvalue weighted by molar-refractivity contribution is 7.99. The molecule has 0 spiro atoms. The van der Waals surface area contributed by atoms with E-state index in [1.54, 1.807) is 7.05 Å². The molecule has 15 heavy (non-hydrogen) atoms. The Balaban J connectivity index is 2.36. The number of thioether (sulfide) groups is 1. The van der Waals surface area contributed by atoms with Crippen LogP contribution in [0.25, 0.3) is 0 Å². The first-order valence-electron chi connectivity index (χ1n) is 4.48. The van der Waals surface area contributed by atoms with Crippen LogP contribution in [0.2, 0.25) is 0 Å². The highest BCUT2D eigenvalue weighted by Crippen LogP contribution is 2.13. The van der Waals surface area contributed by atoms with Crippen LogP contribution in [0.3, 0.4) is 0 Å². The number of hydrogen-bond donors (Lipinski definition) is 2. The molecule has 1 rings (SSSR count). The summed E-state index contributed by atoms with van der Waals surface area (Å²) in [6, 6.07) is 0. The van der Waals surface area contributed by atoms with Gasteiger partial charge < -0.3 is 10.4 Å². The number of aliphatic hydroxyl groups is 1. The van der Waals surface area contributed by atoms with Crippen molar-refractivity contribution in [3.8, 4) is 0 Å². The second kappa shape index (κ2) is 6.36. The van der Waals surface area contributed by atoms with Gasteiger partial charge in [0.25, 0.3) is 0 Å². The van der Waals surface area contributed by atoms with Crippen LogP contribution in [0.15, 0.2) is 5.16 Å². The fraction of sp³-hybridized carbons (Fsp3) is 0.714. The summed E-state index contributed by atoms with van der Waals surface area (Å²) < 4.78 is 1.51. The van der Waals surface area contributed by atoms with Gasteiger partial charge in [-0.2, -0.15) is 0 Å². The molecule has 1 aromatic heterocycles. The summed E-state index contributed by atoms with van der Waals surface area (Å²) in [5, 5.41) is 22.8. The first-order valence-corrected chi connectivity index (χ1v) is 5.47. The quantitative estimate of drug-likeness (QED) is 0.603. The lowest BCUT2D eigenvalue weighted by Crippen LogP contribution is -2.18. The highest BCUT2D eigenvalue weighted by atomic mass is 32.2. The number of tetrazole rings is 1. The second-order valence-corrected chi connectivity index (χ2v) is 3.74. The van der Waals surface area contributed by atoms with Crippen LogP contribution in [-0.2, 0) is 11.3 Å². The van der Waals surface area contributed by atoms with E-state index in [1.807, 2.05) is 0 Å². The van der Waals surface area contributed by atoms with Crippen LogP contribution < -0.4 is 5.32 Å². The molecule has 0 aliphatic rings. The SMILES string of the molecule is CNC(=O)CCSc1nnnn1CCO. The molecular weight excluding hydrogens is 218 g/mol. The van der Waals surface area contributed by atoms with Crippen LogP contribution in [0.1, 0.15) is 6.42 Å². The number of nitrogens with one attached hydrogen (secondary N) is 1. The Labute approximate surface area is 91.2 Å². The highest BCUT2D eigenvalue weighted by Gasteiger charge is 2.06. The summed E-state index contributed by atoms with van der Waals surface area (Å²) in [5.41, 5.74) is 0. The summed E-state index contributed by atoms with van der Waals surface area (Å²) in [7, 11) is 1.60. The lowest BCUT2D eigenvalue weighted by Gasteiger charge is -2.01. The van der Waals surface area contributed by atoms with Gasteiger partial charge in [0.2, 0.25) is 11.1 Å². The number of rotatable bonds is 6. The van der Waals surface area contributed by atoms with Crippen molar-refractivity contribution >= 4 is 17.7 Å². The van der Waals surface area contributed by atoms with E-state index in [1.165, 1.54) is 16.4 Å². The Hall–Kier alpha value is -1.15. The zero-order valence-electron chi connectivity index (χ0n) is 8.38. The molecule has 8 heteroatoms. The minimum absolute atomic E-state index is 0.00591. The molecule has 0 aliphatic carbocycles. The molecule has 0 saturated carbocycles. The maximum absolute atomic E-state index is 10.9. The maximum Gasteiger partial charge on any atom is 0.220 e. The van der Waals surface area contributed by atoms with Gasteiger partial charge in [-0.3, -0.25) is 4.79 Å². The first kappa shape index (κ1) is 11.9. The molecule has 0 bridgehead atoms. The second-order valence-electron chi connectivity index (χ2n) is 2.68. The van der Waals surface area contributed by atoms with Gasteiger partial charge in [0.15, 0.2) is 0 Å². The number of amides is 1. The van der Waals surface area contributed by atoms with Crippen molar-refractivity contribution < 1.29 is 9.90 Å². The average molecular weight is 231 g/mol. The number of nitrogens with zero attached hydrogens (tertiary/aromatic N) is 4. The predicted octanol–water partition coefficient (Wildman–Crippen LogP) is -1.11. The average Bonchev–Trinajstić information content (AvgIpc) is 2.66. The van der Waals surface area contributed by atoms with Gasteiger partial charge >= 0.3 is 0 Å². The van der Waals surface area contributed by atoms with Crippen molar-refractivity contribution in [1.82, 2.24) is 25.5 Å². The lowest BCUT2D eigenvalue weighted by atomic mass is 10.5. The normalized spacial score (nSPS) is 10.3. The predicted molar refractivity (Wildman–Crippen MR) is 54.3 cm³/mol. The standard InChI is InChI=1S/C7H13N5O2S/c1-8-6(14)2-5-15-7-9-10-11-12(7)3-4-13/h13H,2-5H2,1H3,(H,8,14). The number of aliphatic hydroxyl groups excluding tert-OH is 1. The van der Waals surface area contributed by atoms with E-state index in [-0.39, 0.29) is 12.5 Å². The summed E-state index contributed by atoms with van der Waals surface area (Å²) in [5.74, 6) is 0.606. The monoisotopic (exact) mass is 231 g/mol. The molecule has 0 aliphatic heterocycles. The van der Waals surface area contributed by atoms with E-state index in [9.17, 15) is 4.79 Å². The minimum Gasteiger partial charge on any atom is -0.394 e. The number of carbonyl (C=O) groups excluding carboxylic acids is 1. The molecular formula is C7H13N5O2S. The van der Waals surface area contributed by atoms with Crippen molar-refractivity contribution in [2.75, 3.05) is 19.4 Å². The summed E-state index contributed by atoms with van der Waals surface area (Å²) in [6.07, 6.45) is 0.424. The smallest absolute Gasteiger partial charge is 0.220 e. The van der Waals surface area contributed by atoms with Gasteiger partial charge in [0.05, 0.1) is 13.2 Å². The van der Waals surface area contributed by atoms with Gasteiger partial charge in [-0.1, -0.05) is 11.8 Å². The third-order valence-corrected chi connectivity index (χ3v) is 2.61. The molecule has 1 amide bonds. The van der Waals surface area contributed by atoms with E-state index in [0.717, 1.165) is 0 Å². The van der Waals surface area contributed by atoms with Crippen molar-refractivity contribution in [1.29, 1.82) is 0 Å². The molecule has 84 valence electrons. The van der Waals surface area contributed by atoms with Gasteiger partial charge in [0, 0.05) is 19.2 Å². The third kappa shape index (κ3) is 3.84. The maximum atomic E-state index is 10.9. The van der Waals surface area contributed by atoms with E-state index in [4.69, 9.17) is 5.11 Å². The van der Waals surface area contributed by atoms with Crippen LogP contribution in [0, 0.1) is 0 Å². The number of carbonyl (C=O) groups is 1. The van der Waals surface area contributed by atoms with Crippen molar-refractivity contribution in [3.05, 3.63) is 0 Å². The summed E-state index contributed by atoms with van der Waals surface area (Å²) >= 11 is 1.39. The number of aromatic nitrogens is 4. The van der Waals surface area contributed by atoms with Crippen LogP contribution in [-0.4, -0.2) is 50.6 Å². The molecule has 0 fully saturated rings. The van der Waals surface area contributed by atoms with Crippen molar-refractivity contribution in [2.24, 2.45) is 0 Å². The van der Waals surface area contributed by atoms with Gasteiger partial charge in [0.1, 0.15) is 0 Å². The zero-order chi connectivity index (χ0) is 11.1. The van der Waals surface area contributed by atoms with E-state index in [0.29, 0.717) is 23.9 Å². The van der Waals surface area contributed by atoms with E-state index in [2.05, 4.69) is 20.8 Å². The van der Waals surface area contributed by atoms with Gasteiger partial charge in [-0.15, -0.1) is 5.10 Å². The Morgan fingerprint density at radius 1 is 1.67 bits per heavy atom. The molecule has 7 nitrogen and oxygen atoms in total. The molecule has 0 aromatic carbocycles. The Kier molecular flexibility index (Phi) is 5.05. The van der Waals surface area contributed by atoms with Crippen molar-refractivity contribution in [3.63, 3.8) is 0 Å². The molecule has 1 aromatic rings. The topological polar surface area (TPSA) is 92.9 Å².